The van der Waals surface area contributed by atoms with E-state index in [9.17, 15) is 17.6 Å². The molecule has 27 heavy (non-hydrogen) atoms. The topological polar surface area (TPSA) is 69.7 Å². The van der Waals surface area contributed by atoms with Gasteiger partial charge in [0, 0.05) is 44.8 Å². The van der Waals surface area contributed by atoms with Crippen LogP contribution in [0.25, 0.3) is 0 Å². The lowest BCUT2D eigenvalue weighted by molar-refractivity contribution is 0.0945. The molecule has 1 aliphatic rings. The largest absolute Gasteiger partial charge is 0.351 e. The van der Waals surface area contributed by atoms with Gasteiger partial charge in [0.2, 0.25) is 10.0 Å². The Morgan fingerprint density at radius 3 is 2.22 bits per heavy atom. The molecule has 0 unspecified atom stereocenters. The number of amides is 1. The van der Waals surface area contributed by atoms with Crippen LogP contribution in [-0.4, -0.2) is 62.8 Å². The average molecular weight is 391 g/mol. The van der Waals surface area contributed by atoms with Crippen molar-refractivity contribution in [3.05, 3.63) is 66.0 Å². The average Bonchev–Trinajstić information content (AvgIpc) is 2.69. The molecule has 8 heteroatoms. The number of nitrogens with zero attached hydrogens (tertiary/aromatic N) is 2. The second kappa shape index (κ2) is 8.60. The Labute approximate surface area is 158 Å². The third kappa shape index (κ3) is 4.91. The van der Waals surface area contributed by atoms with E-state index in [4.69, 9.17) is 0 Å². The molecule has 2 aromatic carbocycles. The van der Waals surface area contributed by atoms with Crippen LogP contribution >= 0.6 is 0 Å². The van der Waals surface area contributed by atoms with Gasteiger partial charge in [-0.15, -0.1) is 0 Å². The van der Waals surface area contributed by atoms with Crippen LogP contribution in [0.1, 0.15) is 10.4 Å². The number of halogens is 1. The number of carbonyl (C=O) groups is 1. The first-order valence-corrected chi connectivity index (χ1v) is 10.2. The fraction of sp³-hybridized carbons (Fsp3) is 0.316. The molecule has 1 N–H and O–H groups in total. The molecular formula is C19H22FN3O3S. The smallest absolute Gasteiger partial charge is 0.251 e. The van der Waals surface area contributed by atoms with Crippen molar-refractivity contribution >= 4 is 15.9 Å². The number of nitrogens with one attached hydrogen (secondary N) is 1. The zero-order valence-corrected chi connectivity index (χ0v) is 15.7. The van der Waals surface area contributed by atoms with Gasteiger partial charge in [-0.1, -0.05) is 18.2 Å². The summed E-state index contributed by atoms with van der Waals surface area (Å²) in [5, 5.41) is 2.87. The maximum Gasteiger partial charge on any atom is 0.251 e. The van der Waals surface area contributed by atoms with Crippen LogP contribution in [0.2, 0.25) is 0 Å². The van der Waals surface area contributed by atoms with Crippen LogP contribution in [0.3, 0.4) is 0 Å². The summed E-state index contributed by atoms with van der Waals surface area (Å²) in [7, 11) is -3.60. The molecule has 0 saturated carbocycles. The van der Waals surface area contributed by atoms with E-state index in [1.165, 1.54) is 16.4 Å². The van der Waals surface area contributed by atoms with Crippen molar-refractivity contribution in [1.82, 2.24) is 14.5 Å². The fourth-order valence-electron chi connectivity index (χ4n) is 2.97. The van der Waals surface area contributed by atoms with Gasteiger partial charge in [-0.3, -0.25) is 9.69 Å². The quantitative estimate of drug-likeness (QED) is 0.812. The lowest BCUT2D eigenvalue weighted by Crippen LogP contribution is -2.50. The normalized spacial score (nSPS) is 16.2. The summed E-state index contributed by atoms with van der Waals surface area (Å²) in [6.07, 6.45) is 0. The standard InChI is InChI=1S/C19H22FN3O3S/c20-17-6-8-18(9-7-17)27(25,26)23-14-12-22(13-15-23)11-10-21-19(24)16-4-2-1-3-5-16/h1-9H,10-15H2,(H,21,24). The molecule has 144 valence electrons. The fourth-order valence-corrected chi connectivity index (χ4v) is 4.39. The summed E-state index contributed by atoms with van der Waals surface area (Å²) in [4.78, 5) is 14.2. The monoisotopic (exact) mass is 391 g/mol. The summed E-state index contributed by atoms with van der Waals surface area (Å²) in [6.45, 7) is 3.06. The second-order valence-electron chi connectivity index (χ2n) is 6.32. The van der Waals surface area contributed by atoms with Crippen molar-refractivity contribution in [3.8, 4) is 0 Å². The molecule has 0 aromatic heterocycles. The van der Waals surface area contributed by atoms with Crippen LogP contribution in [0, 0.1) is 5.82 Å². The summed E-state index contributed by atoms with van der Waals surface area (Å²) < 4.78 is 39.6. The molecule has 0 bridgehead atoms. The Bertz CT molecular complexity index is 865. The van der Waals surface area contributed by atoms with Crippen LogP contribution in [-0.2, 0) is 10.0 Å². The molecule has 0 aliphatic carbocycles. The van der Waals surface area contributed by atoms with Gasteiger partial charge in [0.05, 0.1) is 4.90 Å². The Morgan fingerprint density at radius 1 is 0.963 bits per heavy atom. The van der Waals surface area contributed by atoms with E-state index in [-0.39, 0.29) is 10.8 Å². The highest BCUT2D eigenvalue weighted by atomic mass is 32.2. The first-order chi connectivity index (χ1) is 13.0. The summed E-state index contributed by atoms with van der Waals surface area (Å²) in [5.74, 6) is -0.579. The van der Waals surface area contributed by atoms with Crippen molar-refractivity contribution in [2.24, 2.45) is 0 Å². The molecule has 6 nitrogen and oxygen atoms in total. The van der Waals surface area contributed by atoms with Crippen LogP contribution < -0.4 is 5.32 Å². The van der Waals surface area contributed by atoms with Crippen molar-refractivity contribution < 1.29 is 17.6 Å². The van der Waals surface area contributed by atoms with Gasteiger partial charge in [0.15, 0.2) is 0 Å². The van der Waals surface area contributed by atoms with Gasteiger partial charge in [-0.05, 0) is 36.4 Å². The number of hydrogen-bond donors (Lipinski definition) is 1. The minimum atomic E-state index is -3.60. The molecular weight excluding hydrogens is 369 g/mol. The zero-order chi connectivity index (χ0) is 19.3. The number of benzene rings is 2. The highest BCUT2D eigenvalue weighted by Gasteiger charge is 2.28. The lowest BCUT2D eigenvalue weighted by Gasteiger charge is -2.33. The number of carbonyl (C=O) groups excluding carboxylic acids is 1. The SMILES string of the molecule is O=C(NCCN1CCN(S(=O)(=O)c2ccc(F)cc2)CC1)c1ccccc1. The van der Waals surface area contributed by atoms with Crippen LogP contribution in [0.4, 0.5) is 4.39 Å². The Hall–Kier alpha value is -2.29. The van der Waals surface area contributed by atoms with E-state index < -0.39 is 15.8 Å². The predicted octanol–water partition coefficient (Wildman–Crippen LogP) is 1.56. The van der Waals surface area contributed by atoms with Gasteiger partial charge < -0.3 is 5.32 Å². The van der Waals surface area contributed by atoms with Crippen molar-refractivity contribution in [3.63, 3.8) is 0 Å². The minimum absolute atomic E-state index is 0.104. The highest BCUT2D eigenvalue weighted by molar-refractivity contribution is 7.89. The molecule has 0 radical (unpaired) electrons. The highest BCUT2D eigenvalue weighted by Crippen LogP contribution is 2.17. The Morgan fingerprint density at radius 2 is 1.59 bits per heavy atom. The molecule has 2 aromatic rings. The maximum atomic E-state index is 13.0. The number of sulfonamides is 1. The summed E-state index contributed by atoms with van der Waals surface area (Å²) in [5.41, 5.74) is 0.618. The molecule has 0 spiro atoms. The molecule has 0 atom stereocenters. The van der Waals surface area contributed by atoms with Gasteiger partial charge >= 0.3 is 0 Å². The van der Waals surface area contributed by atoms with E-state index in [2.05, 4.69) is 10.2 Å². The van der Waals surface area contributed by atoms with E-state index in [1.807, 2.05) is 18.2 Å². The minimum Gasteiger partial charge on any atom is -0.351 e. The van der Waals surface area contributed by atoms with Crippen molar-refractivity contribution in [2.75, 3.05) is 39.3 Å². The van der Waals surface area contributed by atoms with E-state index in [0.29, 0.717) is 44.8 Å². The van der Waals surface area contributed by atoms with E-state index in [0.717, 1.165) is 12.1 Å². The number of hydrogen-bond acceptors (Lipinski definition) is 4. The van der Waals surface area contributed by atoms with Crippen molar-refractivity contribution in [1.29, 1.82) is 0 Å². The van der Waals surface area contributed by atoms with Gasteiger partial charge in [-0.2, -0.15) is 4.31 Å². The first-order valence-electron chi connectivity index (χ1n) is 8.78. The number of rotatable bonds is 6. The summed E-state index contributed by atoms with van der Waals surface area (Å²) in [6, 6.07) is 13.9. The van der Waals surface area contributed by atoms with Gasteiger partial charge in [-0.25, -0.2) is 12.8 Å². The lowest BCUT2D eigenvalue weighted by atomic mass is 10.2. The summed E-state index contributed by atoms with van der Waals surface area (Å²) >= 11 is 0. The van der Waals surface area contributed by atoms with Gasteiger partial charge in [0.25, 0.3) is 5.91 Å². The molecule has 1 heterocycles. The Kier molecular flexibility index (Phi) is 6.20. The third-order valence-corrected chi connectivity index (χ3v) is 6.45. The number of piperazine rings is 1. The molecule has 1 saturated heterocycles. The zero-order valence-electron chi connectivity index (χ0n) is 14.8. The van der Waals surface area contributed by atoms with E-state index in [1.54, 1.807) is 12.1 Å². The molecule has 1 fully saturated rings. The van der Waals surface area contributed by atoms with E-state index >= 15 is 0 Å². The maximum absolute atomic E-state index is 13.0. The van der Waals surface area contributed by atoms with Gasteiger partial charge in [0.1, 0.15) is 5.82 Å². The first kappa shape index (κ1) is 19.5. The molecule has 1 aliphatic heterocycles. The third-order valence-electron chi connectivity index (χ3n) is 4.53. The van der Waals surface area contributed by atoms with Crippen LogP contribution in [0.15, 0.2) is 59.5 Å². The Balaban J connectivity index is 1.46. The van der Waals surface area contributed by atoms with Crippen molar-refractivity contribution in [2.45, 2.75) is 4.90 Å². The predicted molar refractivity (Wildman–Crippen MR) is 100 cm³/mol. The molecule has 3 rings (SSSR count). The second-order valence-corrected chi connectivity index (χ2v) is 8.26. The molecule has 1 amide bonds. The van der Waals surface area contributed by atoms with Crippen LogP contribution in [0.5, 0.6) is 0 Å².